The molecule has 180 valence electrons. The molecule has 0 saturated carbocycles. The van der Waals surface area contributed by atoms with Gasteiger partial charge in [0.15, 0.2) is 11.6 Å². The lowest BCUT2D eigenvalue weighted by Gasteiger charge is -2.41. The zero-order valence-corrected chi connectivity index (χ0v) is 19.1. The SMILES string of the molecule is COCCN(C)S(=O)(=O)CC(=O)N1[C@@H]2CC[C@H]1CC([C@H](N)Cc1cc(F)c(F)cc1F)C2. The number of rotatable bonds is 9. The number of nitrogens with zero attached hydrogens (tertiary/aromatic N) is 2. The van der Waals surface area contributed by atoms with Crippen molar-refractivity contribution in [3.8, 4) is 0 Å². The first-order valence-electron chi connectivity index (χ1n) is 10.7. The molecule has 0 spiro atoms. The summed E-state index contributed by atoms with van der Waals surface area (Å²) in [5.74, 6) is -4.27. The van der Waals surface area contributed by atoms with Crippen LogP contribution in [0.25, 0.3) is 0 Å². The van der Waals surface area contributed by atoms with E-state index in [2.05, 4.69) is 0 Å². The highest BCUT2D eigenvalue weighted by Crippen LogP contribution is 2.40. The minimum absolute atomic E-state index is 0.0208. The van der Waals surface area contributed by atoms with E-state index in [1.54, 1.807) is 4.90 Å². The third-order valence-electron chi connectivity index (χ3n) is 6.60. The fourth-order valence-corrected chi connectivity index (χ4v) is 5.85. The molecule has 1 aromatic rings. The normalized spacial score (nSPS) is 24.2. The number of hydrogen-bond donors (Lipinski definition) is 1. The molecule has 3 rings (SSSR count). The van der Waals surface area contributed by atoms with Crippen LogP contribution in [0.2, 0.25) is 0 Å². The van der Waals surface area contributed by atoms with E-state index < -0.39 is 45.2 Å². The summed E-state index contributed by atoms with van der Waals surface area (Å²) < 4.78 is 71.7. The Labute approximate surface area is 186 Å². The number of carbonyl (C=O) groups excluding carboxylic acids is 1. The average molecular weight is 478 g/mol. The summed E-state index contributed by atoms with van der Waals surface area (Å²) in [5, 5.41) is 0. The number of halogens is 3. The van der Waals surface area contributed by atoms with Crippen LogP contribution in [0.3, 0.4) is 0 Å². The molecular weight excluding hydrogens is 447 g/mol. The Morgan fingerprint density at radius 2 is 1.78 bits per heavy atom. The predicted octanol–water partition coefficient (Wildman–Crippen LogP) is 1.65. The second kappa shape index (κ2) is 10.1. The first kappa shape index (κ1) is 24.9. The Morgan fingerprint density at radius 1 is 1.19 bits per heavy atom. The van der Waals surface area contributed by atoms with E-state index in [0.717, 1.165) is 23.2 Å². The van der Waals surface area contributed by atoms with Gasteiger partial charge in [-0.1, -0.05) is 0 Å². The largest absolute Gasteiger partial charge is 0.383 e. The van der Waals surface area contributed by atoms with Crippen molar-refractivity contribution in [2.24, 2.45) is 11.7 Å². The summed E-state index contributed by atoms with van der Waals surface area (Å²) in [5.41, 5.74) is 6.32. The Bertz CT molecular complexity index is 932. The van der Waals surface area contributed by atoms with Crippen molar-refractivity contribution >= 4 is 15.9 Å². The van der Waals surface area contributed by atoms with Gasteiger partial charge in [-0.05, 0) is 49.7 Å². The smallest absolute Gasteiger partial charge is 0.239 e. The molecule has 2 N–H and O–H groups in total. The first-order chi connectivity index (χ1) is 15.0. The summed E-state index contributed by atoms with van der Waals surface area (Å²) in [7, 11) is -0.867. The van der Waals surface area contributed by atoms with Crippen LogP contribution in [0, 0.1) is 23.4 Å². The van der Waals surface area contributed by atoms with Crippen molar-refractivity contribution in [3.05, 3.63) is 35.1 Å². The van der Waals surface area contributed by atoms with Gasteiger partial charge in [-0.2, -0.15) is 0 Å². The standard InChI is InChI=1S/C21H30F3N3O4S/c1-26(5-6-31-2)32(29,30)12-21(28)27-15-3-4-16(27)8-14(7-15)20(25)10-13-9-18(23)19(24)11-17(13)22/h9,11,14-16,20H,3-8,10,12,25H2,1-2H3/t14?,15-,16+,20-/m1/s1. The van der Waals surface area contributed by atoms with Gasteiger partial charge in [0.2, 0.25) is 15.9 Å². The van der Waals surface area contributed by atoms with E-state index in [0.29, 0.717) is 18.9 Å². The Hall–Kier alpha value is -1.69. The number of amides is 1. The van der Waals surface area contributed by atoms with Crippen molar-refractivity contribution < 1.29 is 31.1 Å². The highest BCUT2D eigenvalue weighted by Gasteiger charge is 2.45. The lowest BCUT2D eigenvalue weighted by atomic mass is 9.82. The molecule has 2 fully saturated rings. The van der Waals surface area contributed by atoms with Gasteiger partial charge in [0.25, 0.3) is 0 Å². The van der Waals surface area contributed by atoms with E-state index in [1.807, 2.05) is 0 Å². The van der Waals surface area contributed by atoms with Crippen LogP contribution in [0.1, 0.15) is 31.2 Å². The lowest BCUT2D eigenvalue weighted by molar-refractivity contribution is -0.133. The van der Waals surface area contributed by atoms with E-state index in [-0.39, 0.29) is 43.1 Å². The highest BCUT2D eigenvalue weighted by atomic mass is 32.2. The fraction of sp³-hybridized carbons (Fsp3) is 0.667. The number of ether oxygens (including phenoxy) is 1. The number of carbonyl (C=O) groups is 1. The van der Waals surface area contributed by atoms with Gasteiger partial charge in [0.05, 0.1) is 6.61 Å². The highest BCUT2D eigenvalue weighted by molar-refractivity contribution is 7.89. The molecule has 0 radical (unpaired) electrons. The molecule has 11 heteroatoms. The summed E-state index contributed by atoms with van der Waals surface area (Å²) >= 11 is 0. The second-order valence-corrected chi connectivity index (χ2v) is 10.8. The number of benzene rings is 1. The zero-order chi connectivity index (χ0) is 23.6. The zero-order valence-electron chi connectivity index (χ0n) is 18.3. The Kier molecular flexibility index (Phi) is 7.85. The number of hydrogen-bond acceptors (Lipinski definition) is 5. The second-order valence-electron chi connectivity index (χ2n) is 8.71. The average Bonchev–Trinajstić information content (AvgIpc) is 2.99. The van der Waals surface area contributed by atoms with Gasteiger partial charge in [-0.15, -0.1) is 0 Å². The molecule has 2 aliphatic rings. The van der Waals surface area contributed by atoms with E-state index >= 15 is 0 Å². The summed E-state index contributed by atoms with van der Waals surface area (Å²) in [4.78, 5) is 14.5. The number of piperidine rings is 1. The molecule has 0 aromatic heterocycles. The van der Waals surface area contributed by atoms with Crippen molar-refractivity contribution in [2.45, 2.75) is 50.2 Å². The van der Waals surface area contributed by atoms with Crippen LogP contribution >= 0.6 is 0 Å². The van der Waals surface area contributed by atoms with Gasteiger partial charge < -0.3 is 15.4 Å². The Balaban J connectivity index is 1.62. The molecule has 1 aromatic carbocycles. The number of fused-ring (bicyclic) bond motifs is 2. The van der Waals surface area contributed by atoms with Gasteiger partial charge in [0, 0.05) is 44.9 Å². The third-order valence-corrected chi connectivity index (χ3v) is 8.34. The van der Waals surface area contributed by atoms with Crippen molar-refractivity contribution in [2.75, 3.05) is 33.1 Å². The minimum atomic E-state index is -3.75. The molecule has 2 bridgehead atoms. The van der Waals surface area contributed by atoms with Crippen molar-refractivity contribution in [1.29, 1.82) is 0 Å². The third kappa shape index (κ3) is 5.44. The number of nitrogens with two attached hydrogens (primary N) is 1. The van der Waals surface area contributed by atoms with Gasteiger partial charge >= 0.3 is 0 Å². The van der Waals surface area contributed by atoms with Crippen LogP contribution in [-0.4, -0.2) is 74.7 Å². The summed E-state index contributed by atoms with van der Waals surface area (Å²) in [6.45, 7) is 0.396. The molecule has 7 nitrogen and oxygen atoms in total. The molecule has 32 heavy (non-hydrogen) atoms. The maximum absolute atomic E-state index is 14.0. The van der Waals surface area contributed by atoms with E-state index in [9.17, 15) is 26.4 Å². The van der Waals surface area contributed by atoms with Crippen LogP contribution in [0.15, 0.2) is 12.1 Å². The quantitative estimate of drug-likeness (QED) is 0.546. The Morgan fingerprint density at radius 3 is 2.38 bits per heavy atom. The van der Waals surface area contributed by atoms with E-state index in [4.69, 9.17) is 10.5 Å². The molecule has 2 saturated heterocycles. The number of sulfonamides is 1. The number of likely N-dealkylation sites (N-methyl/N-ethyl adjacent to an activating group) is 1. The summed E-state index contributed by atoms with van der Waals surface area (Å²) in [6, 6.07) is 0.603. The molecule has 1 unspecified atom stereocenters. The van der Waals surface area contributed by atoms with Crippen LogP contribution < -0.4 is 5.73 Å². The van der Waals surface area contributed by atoms with E-state index in [1.165, 1.54) is 14.2 Å². The van der Waals surface area contributed by atoms with Gasteiger partial charge in [-0.3, -0.25) is 4.79 Å². The molecule has 2 aliphatic heterocycles. The molecule has 0 aliphatic carbocycles. The first-order valence-corrected chi connectivity index (χ1v) is 12.3. The minimum Gasteiger partial charge on any atom is -0.383 e. The van der Waals surface area contributed by atoms with Crippen LogP contribution in [0.5, 0.6) is 0 Å². The molecular formula is C21H30F3N3O4S. The maximum atomic E-state index is 14.0. The lowest BCUT2D eigenvalue weighted by Crippen LogP contribution is -2.52. The topological polar surface area (TPSA) is 92.9 Å². The molecule has 1 amide bonds. The fourth-order valence-electron chi connectivity index (χ4n) is 4.82. The summed E-state index contributed by atoms with van der Waals surface area (Å²) in [6.07, 6.45) is 2.68. The van der Waals surface area contributed by atoms with Crippen LogP contribution in [-0.2, 0) is 26.0 Å². The molecule has 2 heterocycles. The number of methoxy groups -OCH3 is 1. The molecule has 4 atom stereocenters. The predicted molar refractivity (Wildman–Crippen MR) is 113 cm³/mol. The van der Waals surface area contributed by atoms with Gasteiger partial charge in [0.1, 0.15) is 11.6 Å². The monoisotopic (exact) mass is 477 g/mol. The van der Waals surface area contributed by atoms with Gasteiger partial charge in [-0.25, -0.2) is 25.9 Å². The van der Waals surface area contributed by atoms with Crippen molar-refractivity contribution in [1.82, 2.24) is 9.21 Å². The van der Waals surface area contributed by atoms with Crippen LogP contribution in [0.4, 0.5) is 13.2 Å². The van der Waals surface area contributed by atoms with Crippen molar-refractivity contribution in [3.63, 3.8) is 0 Å². The maximum Gasteiger partial charge on any atom is 0.239 e.